The zero-order valence-electron chi connectivity index (χ0n) is 16.0. The van der Waals surface area contributed by atoms with Gasteiger partial charge in [0.2, 0.25) is 15.9 Å². The number of nitrogens with one attached hydrogen (secondary N) is 1. The molecule has 0 aliphatic heterocycles. The van der Waals surface area contributed by atoms with E-state index >= 15 is 0 Å². The summed E-state index contributed by atoms with van der Waals surface area (Å²) >= 11 is 0. The molecule has 0 aliphatic rings. The van der Waals surface area contributed by atoms with Crippen LogP contribution in [0, 0.1) is 5.82 Å². The number of nitrogens with zero attached hydrogens (tertiary/aromatic N) is 3. The van der Waals surface area contributed by atoms with Gasteiger partial charge in [0.1, 0.15) is 5.82 Å². The van der Waals surface area contributed by atoms with Gasteiger partial charge >= 0.3 is 6.01 Å². The Morgan fingerprint density at radius 2 is 1.69 bits per heavy atom. The van der Waals surface area contributed by atoms with E-state index in [2.05, 4.69) is 15.5 Å². The van der Waals surface area contributed by atoms with E-state index < -0.39 is 21.7 Å². The lowest BCUT2D eigenvalue weighted by molar-refractivity contribution is 0.102. The third kappa shape index (κ3) is 4.49. The van der Waals surface area contributed by atoms with Crippen molar-refractivity contribution in [1.82, 2.24) is 14.5 Å². The second-order valence-corrected chi connectivity index (χ2v) is 8.51. The molecule has 0 fully saturated rings. The molecule has 1 heterocycles. The minimum Gasteiger partial charge on any atom is -0.403 e. The molecule has 3 rings (SSSR count). The molecule has 0 radical (unpaired) electrons. The maximum atomic E-state index is 13.0. The summed E-state index contributed by atoms with van der Waals surface area (Å²) in [4.78, 5) is 12.4. The third-order valence-electron chi connectivity index (χ3n) is 4.26. The number of carbonyl (C=O) groups is 1. The Hall–Kier alpha value is -3.11. The third-order valence-corrected chi connectivity index (χ3v) is 6.31. The van der Waals surface area contributed by atoms with E-state index in [0.29, 0.717) is 5.56 Å². The van der Waals surface area contributed by atoms with Gasteiger partial charge in [-0.15, -0.1) is 5.10 Å². The average Bonchev–Trinajstić information content (AvgIpc) is 3.16. The number of hydrogen-bond acceptors (Lipinski definition) is 6. The summed E-state index contributed by atoms with van der Waals surface area (Å²) in [6.07, 6.45) is 0. The van der Waals surface area contributed by atoms with Crippen molar-refractivity contribution in [2.75, 3.05) is 12.4 Å². The second-order valence-electron chi connectivity index (χ2n) is 6.51. The monoisotopic (exact) mass is 418 g/mol. The number of anilines is 1. The van der Waals surface area contributed by atoms with Crippen LogP contribution in [0.2, 0.25) is 0 Å². The Morgan fingerprint density at radius 3 is 2.28 bits per heavy atom. The predicted octanol–water partition coefficient (Wildman–Crippen LogP) is 3.16. The van der Waals surface area contributed by atoms with Crippen LogP contribution in [0.1, 0.15) is 24.2 Å². The Bertz CT molecular complexity index is 1110. The summed E-state index contributed by atoms with van der Waals surface area (Å²) in [5.41, 5.74) is 0.723. The topological polar surface area (TPSA) is 105 Å². The molecular formula is C19H19FN4O4S. The van der Waals surface area contributed by atoms with Gasteiger partial charge in [0, 0.05) is 24.2 Å². The zero-order chi connectivity index (χ0) is 21.2. The zero-order valence-corrected chi connectivity index (χ0v) is 16.8. The summed E-state index contributed by atoms with van der Waals surface area (Å²) < 4.78 is 44.5. The predicted molar refractivity (Wildman–Crippen MR) is 104 cm³/mol. The van der Waals surface area contributed by atoms with Crippen molar-refractivity contribution in [3.05, 3.63) is 59.9 Å². The van der Waals surface area contributed by atoms with Crippen LogP contribution < -0.4 is 5.32 Å². The normalized spacial score (nSPS) is 11.8. The lowest BCUT2D eigenvalue weighted by atomic mass is 10.2. The number of benzene rings is 2. The van der Waals surface area contributed by atoms with E-state index in [0.717, 1.165) is 0 Å². The molecule has 1 N–H and O–H groups in total. The van der Waals surface area contributed by atoms with Crippen LogP contribution in [0.4, 0.5) is 10.4 Å². The molecule has 0 aliphatic carbocycles. The van der Waals surface area contributed by atoms with Crippen LogP contribution >= 0.6 is 0 Å². The maximum absolute atomic E-state index is 13.0. The van der Waals surface area contributed by atoms with Crippen LogP contribution in [0.15, 0.2) is 57.8 Å². The number of rotatable bonds is 6. The Labute approximate surface area is 167 Å². The number of hydrogen-bond donors (Lipinski definition) is 1. The van der Waals surface area contributed by atoms with Crippen molar-refractivity contribution in [1.29, 1.82) is 0 Å². The SMILES string of the molecule is CC(C)N(C)S(=O)(=O)c1ccc(C(=O)Nc2nnc(-c3ccc(F)cc3)o2)cc1. The number of sulfonamides is 1. The molecule has 0 unspecified atom stereocenters. The first-order valence-corrected chi connectivity index (χ1v) is 10.1. The Morgan fingerprint density at radius 1 is 1.07 bits per heavy atom. The average molecular weight is 418 g/mol. The summed E-state index contributed by atoms with van der Waals surface area (Å²) in [5, 5.41) is 9.99. The lowest BCUT2D eigenvalue weighted by Gasteiger charge is -2.20. The van der Waals surface area contributed by atoms with E-state index in [1.54, 1.807) is 13.8 Å². The van der Waals surface area contributed by atoms with Gasteiger partial charge in [0.05, 0.1) is 4.90 Å². The molecule has 2 aromatic carbocycles. The van der Waals surface area contributed by atoms with Crippen molar-refractivity contribution in [3.8, 4) is 11.5 Å². The molecule has 1 amide bonds. The first-order valence-electron chi connectivity index (χ1n) is 8.67. The van der Waals surface area contributed by atoms with Crippen molar-refractivity contribution in [2.45, 2.75) is 24.8 Å². The molecule has 0 saturated carbocycles. The number of carbonyl (C=O) groups excluding carboxylic acids is 1. The minimum atomic E-state index is -3.64. The van der Waals surface area contributed by atoms with Crippen LogP contribution in [-0.4, -0.2) is 41.9 Å². The summed E-state index contributed by atoms with van der Waals surface area (Å²) in [5.74, 6) is -0.814. The molecule has 0 spiro atoms. The Kier molecular flexibility index (Phi) is 5.76. The van der Waals surface area contributed by atoms with Crippen LogP contribution in [0.25, 0.3) is 11.5 Å². The molecule has 0 saturated heterocycles. The minimum absolute atomic E-state index is 0.0848. The highest BCUT2D eigenvalue weighted by Crippen LogP contribution is 2.21. The molecule has 3 aromatic rings. The highest BCUT2D eigenvalue weighted by molar-refractivity contribution is 7.89. The fraction of sp³-hybridized carbons (Fsp3) is 0.211. The molecule has 8 nitrogen and oxygen atoms in total. The molecule has 0 bridgehead atoms. The van der Waals surface area contributed by atoms with Gasteiger partial charge in [0.25, 0.3) is 5.91 Å². The van der Waals surface area contributed by atoms with E-state index in [1.165, 1.54) is 59.9 Å². The van der Waals surface area contributed by atoms with E-state index in [4.69, 9.17) is 4.42 Å². The fourth-order valence-corrected chi connectivity index (χ4v) is 3.74. The molecule has 10 heteroatoms. The lowest BCUT2D eigenvalue weighted by Crippen LogP contribution is -2.33. The smallest absolute Gasteiger partial charge is 0.322 e. The number of halogens is 1. The summed E-state index contributed by atoms with van der Waals surface area (Å²) in [6, 6.07) is 10.6. The summed E-state index contributed by atoms with van der Waals surface area (Å²) in [6.45, 7) is 3.54. The first-order chi connectivity index (χ1) is 13.7. The Balaban J connectivity index is 1.73. The maximum Gasteiger partial charge on any atom is 0.322 e. The van der Waals surface area contributed by atoms with Gasteiger partial charge in [-0.2, -0.15) is 4.31 Å². The van der Waals surface area contributed by atoms with E-state index in [-0.39, 0.29) is 28.4 Å². The molecule has 152 valence electrons. The standard InChI is InChI=1S/C19H19FN4O4S/c1-12(2)24(3)29(26,27)16-10-6-13(7-11-16)17(25)21-19-23-22-18(28-19)14-4-8-15(20)9-5-14/h4-12H,1-3H3,(H,21,23,25). The molecule has 1 aromatic heterocycles. The van der Waals surface area contributed by atoms with Gasteiger partial charge < -0.3 is 4.42 Å². The van der Waals surface area contributed by atoms with Gasteiger partial charge in [0.15, 0.2) is 0 Å². The van der Waals surface area contributed by atoms with Gasteiger partial charge in [-0.25, -0.2) is 12.8 Å². The fourth-order valence-electron chi connectivity index (χ4n) is 2.37. The first kappa shape index (κ1) is 20.6. The highest BCUT2D eigenvalue weighted by atomic mass is 32.2. The van der Waals surface area contributed by atoms with E-state index in [1.807, 2.05) is 0 Å². The largest absolute Gasteiger partial charge is 0.403 e. The van der Waals surface area contributed by atoms with E-state index in [9.17, 15) is 17.6 Å². The van der Waals surface area contributed by atoms with Gasteiger partial charge in [-0.3, -0.25) is 10.1 Å². The van der Waals surface area contributed by atoms with Gasteiger partial charge in [-0.1, -0.05) is 5.10 Å². The van der Waals surface area contributed by atoms with Crippen molar-refractivity contribution >= 4 is 21.9 Å². The number of aromatic nitrogens is 2. The van der Waals surface area contributed by atoms with Crippen molar-refractivity contribution in [2.24, 2.45) is 0 Å². The van der Waals surface area contributed by atoms with Crippen LogP contribution in [0.3, 0.4) is 0 Å². The second kappa shape index (κ2) is 8.10. The van der Waals surface area contributed by atoms with Crippen LogP contribution in [-0.2, 0) is 10.0 Å². The molecule has 0 atom stereocenters. The van der Waals surface area contributed by atoms with Gasteiger partial charge in [-0.05, 0) is 62.4 Å². The quantitative estimate of drug-likeness (QED) is 0.659. The molecular weight excluding hydrogens is 399 g/mol. The summed E-state index contributed by atoms with van der Waals surface area (Å²) in [7, 11) is -2.14. The van der Waals surface area contributed by atoms with Crippen LogP contribution in [0.5, 0.6) is 0 Å². The van der Waals surface area contributed by atoms with Crippen molar-refractivity contribution < 1.29 is 22.0 Å². The van der Waals surface area contributed by atoms with Crippen molar-refractivity contribution in [3.63, 3.8) is 0 Å². The number of amides is 1. The highest BCUT2D eigenvalue weighted by Gasteiger charge is 2.23. The molecule has 29 heavy (non-hydrogen) atoms.